The molecule has 5 heteroatoms. The summed E-state index contributed by atoms with van der Waals surface area (Å²) in [5.41, 5.74) is 8.91. The number of nitrogens with two attached hydrogens (primary N) is 1. The van der Waals surface area contributed by atoms with Crippen LogP contribution in [0.4, 0.5) is 11.4 Å². The Morgan fingerprint density at radius 1 is 1.14 bits per heavy atom. The number of anilines is 2. The highest BCUT2D eigenvalue weighted by atomic mass is 16.2. The third-order valence-corrected chi connectivity index (χ3v) is 3.25. The van der Waals surface area contributed by atoms with Gasteiger partial charge in [0.1, 0.15) is 0 Å². The molecular formula is C16H20N4O. The van der Waals surface area contributed by atoms with E-state index in [0.29, 0.717) is 17.8 Å². The van der Waals surface area contributed by atoms with E-state index in [2.05, 4.69) is 4.98 Å². The summed E-state index contributed by atoms with van der Waals surface area (Å²) in [5.74, 6) is -0.0530. The molecule has 21 heavy (non-hydrogen) atoms. The molecule has 0 aliphatic rings. The number of amides is 1. The Bertz CT molecular complexity index is 625. The molecular weight excluding hydrogens is 264 g/mol. The molecule has 110 valence electrons. The lowest BCUT2D eigenvalue weighted by molar-refractivity contribution is 0.0786. The maximum Gasteiger partial charge on any atom is 0.256 e. The fraction of sp³-hybridized carbons (Fsp3) is 0.250. The smallest absolute Gasteiger partial charge is 0.256 e. The molecule has 0 spiro atoms. The molecule has 1 aromatic carbocycles. The Hall–Kier alpha value is -2.56. The first-order chi connectivity index (χ1) is 9.99. The summed E-state index contributed by atoms with van der Waals surface area (Å²) >= 11 is 0. The Morgan fingerprint density at radius 3 is 2.43 bits per heavy atom. The molecule has 0 aliphatic heterocycles. The molecule has 0 saturated carbocycles. The van der Waals surface area contributed by atoms with Crippen LogP contribution in [0.3, 0.4) is 0 Å². The lowest BCUT2D eigenvalue weighted by Crippen LogP contribution is -2.28. The number of nitrogen functional groups attached to an aromatic ring is 1. The van der Waals surface area contributed by atoms with Crippen LogP contribution in [0.2, 0.25) is 0 Å². The van der Waals surface area contributed by atoms with Crippen molar-refractivity contribution in [2.75, 3.05) is 31.8 Å². The van der Waals surface area contributed by atoms with E-state index in [0.717, 1.165) is 11.3 Å². The summed E-state index contributed by atoms with van der Waals surface area (Å²) < 4.78 is 0. The summed E-state index contributed by atoms with van der Waals surface area (Å²) in [6.45, 7) is 0.531. The van der Waals surface area contributed by atoms with Crippen molar-refractivity contribution in [1.82, 2.24) is 9.88 Å². The van der Waals surface area contributed by atoms with Gasteiger partial charge in [-0.3, -0.25) is 9.78 Å². The van der Waals surface area contributed by atoms with Gasteiger partial charge in [0, 0.05) is 51.5 Å². The van der Waals surface area contributed by atoms with Gasteiger partial charge in [0.05, 0.1) is 5.56 Å². The Labute approximate surface area is 125 Å². The van der Waals surface area contributed by atoms with Crippen LogP contribution in [0.15, 0.2) is 42.7 Å². The van der Waals surface area contributed by atoms with E-state index >= 15 is 0 Å². The average Bonchev–Trinajstić information content (AvgIpc) is 2.47. The molecule has 0 unspecified atom stereocenters. The molecule has 0 atom stereocenters. The number of aromatic nitrogens is 1. The predicted molar refractivity (Wildman–Crippen MR) is 85.2 cm³/mol. The Morgan fingerprint density at radius 2 is 1.81 bits per heavy atom. The number of nitrogens with zero attached hydrogens (tertiary/aromatic N) is 3. The van der Waals surface area contributed by atoms with Gasteiger partial charge in [0.2, 0.25) is 0 Å². The van der Waals surface area contributed by atoms with Crippen molar-refractivity contribution < 1.29 is 4.79 Å². The molecule has 2 aromatic rings. The van der Waals surface area contributed by atoms with E-state index in [1.54, 1.807) is 36.5 Å². The molecule has 1 amide bonds. The fourth-order valence-corrected chi connectivity index (χ4v) is 2.15. The highest BCUT2D eigenvalue weighted by Gasteiger charge is 2.17. The standard InChI is InChI=1S/C16H20N4O/c1-19(2)15-5-4-13(17)10-14(15)16(21)20(3)11-12-6-8-18-9-7-12/h4-10H,11,17H2,1-3H3. The molecule has 5 nitrogen and oxygen atoms in total. The number of carbonyl (C=O) groups is 1. The molecule has 0 aliphatic carbocycles. The van der Waals surface area contributed by atoms with Crippen molar-refractivity contribution in [3.63, 3.8) is 0 Å². The van der Waals surface area contributed by atoms with E-state index in [1.165, 1.54) is 0 Å². The second kappa shape index (κ2) is 6.26. The zero-order chi connectivity index (χ0) is 15.4. The summed E-state index contributed by atoms with van der Waals surface area (Å²) in [4.78, 5) is 20.2. The van der Waals surface area contributed by atoms with Gasteiger partial charge >= 0.3 is 0 Å². The van der Waals surface area contributed by atoms with E-state index in [9.17, 15) is 4.79 Å². The molecule has 2 N–H and O–H groups in total. The van der Waals surface area contributed by atoms with Crippen molar-refractivity contribution in [1.29, 1.82) is 0 Å². The predicted octanol–water partition coefficient (Wildman–Crippen LogP) is 2.00. The van der Waals surface area contributed by atoms with Gasteiger partial charge in [-0.25, -0.2) is 0 Å². The first-order valence-corrected chi connectivity index (χ1v) is 6.70. The quantitative estimate of drug-likeness (QED) is 0.872. The van der Waals surface area contributed by atoms with Crippen molar-refractivity contribution in [2.24, 2.45) is 0 Å². The van der Waals surface area contributed by atoms with Crippen molar-refractivity contribution in [3.05, 3.63) is 53.9 Å². The molecule has 2 rings (SSSR count). The molecule has 0 bridgehead atoms. The fourth-order valence-electron chi connectivity index (χ4n) is 2.15. The van der Waals surface area contributed by atoms with Gasteiger partial charge in [-0.2, -0.15) is 0 Å². The van der Waals surface area contributed by atoms with Gasteiger partial charge in [-0.1, -0.05) is 0 Å². The van der Waals surface area contributed by atoms with E-state index in [4.69, 9.17) is 5.73 Å². The molecule has 0 saturated heterocycles. The van der Waals surface area contributed by atoms with E-state index in [-0.39, 0.29) is 5.91 Å². The van der Waals surface area contributed by atoms with Crippen LogP contribution in [0.1, 0.15) is 15.9 Å². The summed E-state index contributed by atoms with van der Waals surface area (Å²) in [5, 5.41) is 0. The third-order valence-electron chi connectivity index (χ3n) is 3.25. The van der Waals surface area contributed by atoms with Crippen LogP contribution >= 0.6 is 0 Å². The van der Waals surface area contributed by atoms with Gasteiger partial charge in [0.15, 0.2) is 0 Å². The summed E-state index contributed by atoms with van der Waals surface area (Å²) in [7, 11) is 5.60. The highest BCUT2D eigenvalue weighted by Crippen LogP contribution is 2.23. The van der Waals surface area contributed by atoms with Crippen LogP contribution in [0.5, 0.6) is 0 Å². The second-order valence-electron chi connectivity index (χ2n) is 5.19. The molecule has 0 radical (unpaired) electrons. The van der Waals surface area contributed by atoms with Gasteiger partial charge in [0.25, 0.3) is 5.91 Å². The van der Waals surface area contributed by atoms with Gasteiger partial charge < -0.3 is 15.5 Å². The maximum atomic E-state index is 12.7. The molecule has 1 aromatic heterocycles. The number of hydrogen-bond acceptors (Lipinski definition) is 4. The lowest BCUT2D eigenvalue weighted by atomic mass is 10.1. The average molecular weight is 284 g/mol. The minimum absolute atomic E-state index is 0.0530. The van der Waals surface area contributed by atoms with Crippen LogP contribution in [0.25, 0.3) is 0 Å². The van der Waals surface area contributed by atoms with Crippen LogP contribution in [0, 0.1) is 0 Å². The Balaban J connectivity index is 2.25. The zero-order valence-electron chi connectivity index (χ0n) is 12.6. The van der Waals surface area contributed by atoms with Crippen LogP contribution in [-0.4, -0.2) is 36.9 Å². The minimum atomic E-state index is -0.0530. The van der Waals surface area contributed by atoms with Crippen LogP contribution in [-0.2, 0) is 6.54 Å². The summed E-state index contributed by atoms with van der Waals surface area (Å²) in [6.07, 6.45) is 3.44. The summed E-state index contributed by atoms with van der Waals surface area (Å²) in [6, 6.07) is 9.19. The minimum Gasteiger partial charge on any atom is -0.399 e. The topological polar surface area (TPSA) is 62.5 Å². The first-order valence-electron chi connectivity index (χ1n) is 6.70. The number of benzene rings is 1. The zero-order valence-corrected chi connectivity index (χ0v) is 12.6. The number of pyridine rings is 1. The van der Waals surface area contributed by atoms with Gasteiger partial charge in [-0.05, 0) is 35.9 Å². The van der Waals surface area contributed by atoms with Crippen molar-refractivity contribution in [2.45, 2.75) is 6.54 Å². The molecule has 1 heterocycles. The SMILES string of the molecule is CN(Cc1ccncc1)C(=O)c1cc(N)ccc1N(C)C. The van der Waals surface area contributed by atoms with Crippen molar-refractivity contribution in [3.8, 4) is 0 Å². The van der Waals surface area contributed by atoms with Crippen molar-refractivity contribution >= 4 is 17.3 Å². The second-order valence-corrected chi connectivity index (χ2v) is 5.19. The lowest BCUT2D eigenvalue weighted by Gasteiger charge is -2.22. The number of rotatable bonds is 4. The maximum absolute atomic E-state index is 12.7. The van der Waals surface area contributed by atoms with E-state index < -0.39 is 0 Å². The number of carbonyl (C=O) groups excluding carboxylic acids is 1. The Kier molecular flexibility index (Phi) is 4.42. The van der Waals surface area contributed by atoms with Gasteiger partial charge in [-0.15, -0.1) is 0 Å². The number of hydrogen-bond donors (Lipinski definition) is 1. The third kappa shape index (κ3) is 3.51. The monoisotopic (exact) mass is 284 g/mol. The first kappa shape index (κ1) is 14.8. The normalized spacial score (nSPS) is 10.2. The molecule has 0 fully saturated rings. The highest BCUT2D eigenvalue weighted by molar-refractivity contribution is 6.00. The van der Waals surface area contributed by atoms with E-state index in [1.807, 2.05) is 37.2 Å². The van der Waals surface area contributed by atoms with Crippen LogP contribution < -0.4 is 10.6 Å². The largest absolute Gasteiger partial charge is 0.399 e.